The highest BCUT2D eigenvalue weighted by molar-refractivity contribution is 6.13. The molecule has 346 valence electrons. The minimum absolute atomic E-state index is 0.00867. The van der Waals surface area contributed by atoms with E-state index < -0.39 is 23.5 Å². The number of hydrogen-bond acceptors (Lipinski definition) is 3. The predicted molar refractivity (Wildman–Crippen MR) is 272 cm³/mol. The highest BCUT2D eigenvalue weighted by Gasteiger charge is 2.37. The van der Waals surface area contributed by atoms with Crippen LogP contribution in [0.25, 0.3) is 106 Å². The Morgan fingerprint density at radius 3 is 1.07 bits per heavy atom. The van der Waals surface area contributed by atoms with Gasteiger partial charge in [-0.2, -0.15) is 26.3 Å². The van der Waals surface area contributed by atoms with E-state index in [4.69, 9.17) is 15.0 Å². The molecule has 0 saturated heterocycles. The first-order chi connectivity index (χ1) is 34.3. The van der Waals surface area contributed by atoms with Gasteiger partial charge in [0.05, 0.1) is 27.8 Å². The fraction of sp³-hybridized carbons (Fsp3) is 0.0656. The van der Waals surface area contributed by atoms with Gasteiger partial charge in [-0.3, -0.25) is 0 Å². The molecule has 0 N–H and O–H groups in total. The van der Waals surface area contributed by atoms with Crippen molar-refractivity contribution < 1.29 is 26.3 Å². The quantitative estimate of drug-likeness (QED) is 0.143. The van der Waals surface area contributed by atoms with E-state index in [1.54, 1.807) is 12.1 Å². The maximum atomic E-state index is 15.5. The fourth-order valence-corrected chi connectivity index (χ4v) is 9.40. The molecule has 0 aliphatic carbocycles. The van der Waals surface area contributed by atoms with E-state index in [9.17, 15) is 0 Å². The number of rotatable bonds is 8. The molecule has 0 unspecified atom stereocenters. The molecule has 2 aromatic heterocycles. The molecular formula is C61H40F6N4. The third kappa shape index (κ3) is 8.52. The van der Waals surface area contributed by atoms with Crippen molar-refractivity contribution in [1.82, 2.24) is 19.5 Å². The topological polar surface area (TPSA) is 43.6 Å². The van der Waals surface area contributed by atoms with Crippen LogP contribution in [0.3, 0.4) is 0 Å². The fourth-order valence-electron chi connectivity index (χ4n) is 9.40. The summed E-state index contributed by atoms with van der Waals surface area (Å²) >= 11 is 0. The molecule has 4 nitrogen and oxygen atoms in total. The molecule has 0 bridgehead atoms. The van der Waals surface area contributed by atoms with Gasteiger partial charge in [-0.1, -0.05) is 169 Å². The van der Waals surface area contributed by atoms with Gasteiger partial charge in [0, 0.05) is 38.6 Å². The molecular weight excluding hydrogens is 903 g/mol. The van der Waals surface area contributed by atoms with Gasteiger partial charge < -0.3 is 4.57 Å². The van der Waals surface area contributed by atoms with E-state index in [1.807, 2.05) is 164 Å². The number of nitrogens with zero attached hydrogens (tertiary/aromatic N) is 4. The Hall–Kier alpha value is -8.63. The van der Waals surface area contributed by atoms with Crippen molar-refractivity contribution in [3.05, 3.63) is 229 Å². The second kappa shape index (κ2) is 17.7. The van der Waals surface area contributed by atoms with E-state index in [0.717, 1.165) is 56.3 Å². The molecule has 2 heterocycles. The Kier molecular flexibility index (Phi) is 11.2. The molecule has 0 atom stereocenters. The number of halogens is 6. The van der Waals surface area contributed by atoms with Gasteiger partial charge in [-0.25, -0.2) is 15.0 Å². The van der Waals surface area contributed by atoms with E-state index in [0.29, 0.717) is 22.2 Å². The lowest BCUT2D eigenvalue weighted by Crippen LogP contribution is -2.11. The van der Waals surface area contributed by atoms with E-state index in [-0.39, 0.29) is 51.0 Å². The zero-order chi connectivity index (χ0) is 49.0. The van der Waals surface area contributed by atoms with Crippen molar-refractivity contribution in [3.8, 4) is 84.4 Å². The minimum Gasteiger partial charge on any atom is -0.308 e. The lowest BCUT2D eigenvalue weighted by molar-refractivity contribution is -0.137. The lowest BCUT2D eigenvalue weighted by atomic mass is 9.88. The molecule has 0 amide bonds. The van der Waals surface area contributed by atoms with Gasteiger partial charge in [0.15, 0.2) is 17.5 Å². The maximum absolute atomic E-state index is 15.5. The molecule has 9 aromatic carbocycles. The molecule has 0 radical (unpaired) electrons. The van der Waals surface area contributed by atoms with Crippen LogP contribution < -0.4 is 0 Å². The number of alkyl halides is 6. The van der Waals surface area contributed by atoms with Gasteiger partial charge in [0.2, 0.25) is 0 Å². The Balaban J connectivity index is 1.31. The molecule has 0 aliphatic rings. The SMILES string of the molecule is Cc1ccc(-c2ccc3c(c2)c2cc(-c4ccc(C)cc4)ccc2n3-c2c(-c3ccccc3C(F)(F)F)cc(-c3nc(-c4ccccc4)nc(-c4ccccc4)n3)cc2-c2ccccc2C(F)(F)F)cc1. The highest BCUT2D eigenvalue weighted by atomic mass is 19.4. The second-order valence-corrected chi connectivity index (χ2v) is 17.6. The second-order valence-electron chi connectivity index (χ2n) is 17.6. The molecule has 0 aliphatic heterocycles. The summed E-state index contributed by atoms with van der Waals surface area (Å²) in [6, 6.07) is 59.7. The smallest absolute Gasteiger partial charge is 0.308 e. The van der Waals surface area contributed by atoms with Crippen LogP contribution >= 0.6 is 0 Å². The Labute approximate surface area is 405 Å². The summed E-state index contributed by atoms with van der Waals surface area (Å²) in [4.78, 5) is 14.7. The molecule has 0 saturated carbocycles. The number of fused-ring (bicyclic) bond motifs is 3. The number of hydrogen-bond donors (Lipinski definition) is 0. The number of aryl methyl sites for hydroxylation is 2. The van der Waals surface area contributed by atoms with Crippen LogP contribution in [0, 0.1) is 13.8 Å². The standard InChI is InChI=1S/C61H40F6N4/c1-37-21-25-39(26-22-37)43-29-31-54-48(33-43)49-34-44(40-27-23-38(2)24-28-40)30-32-55(49)71(54)56-50(46-17-9-11-19-52(46)60(62,63)64)35-45(36-51(56)47-18-10-12-20-53(47)61(65,66)67)59-69-57(41-13-5-3-6-14-41)68-58(70-59)42-15-7-4-8-16-42/h3-36H,1-2H3. The van der Waals surface area contributed by atoms with Crippen molar-refractivity contribution in [2.45, 2.75) is 26.2 Å². The van der Waals surface area contributed by atoms with E-state index in [2.05, 4.69) is 0 Å². The average Bonchev–Trinajstić information content (AvgIpc) is 3.71. The summed E-state index contributed by atoms with van der Waals surface area (Å²) in [5, 5.41) is 1.50. The van der Waals surface area contributed by atoms with Gasteiger partial charge in [0.1, 0.15) is 0 Å². The maximum Gasteiger partial charge on any atom is 0.417 e. The van der Waals surface area contributed by atoms with Gasteiger partial charge in [-0.15, -0.1) is 0 Å². The molecule has 71 heavy (non-hydrogen) atoms. The zero-order valence-electron chi connectivity index (χ0n) is 38.2. The van der Waals surface area contributed by atoms with Crippen molar-refractivity contribution in [1.29, 1.82) is 0 Å². The molecule has 11 rings (SSSR count). The summed E-state index contributed by atoms with van der Waals surface area (Å²) in [7, 11) is 0. The van der Waals surface area contributed by atoms with Crippen LogP contribution in [0.15, 0.2) is 206 Å². The summed E-state index contributed by atoms with van der Waals surface area (Å²) in [6.45, 7) is 4.01. The number of aromatic nitrogens is 4. The first-order valence-corrected chi connectivity index (χ1v) is 22.9. The van der Waals surface area contributed by atoms with Crippen molar-refractivity contribution in [2.75, 3.05) is 0 Å². The Morgan fingerprint density at radius 2 is 0.676 bits per heavy atom. The molecule has 10 heteroatoms. The van der Waals surface area contributed by atoms with E-state index >= 15 is 26.3 Å². The summed E-state index contributed by atoms with van der Waals surface area (Å²) in [5.41, 5.74) is 6.10. The van der Waals surface area contributed by atoms with Crippen LogP contribution in [0.1, 0.15) is 22.3 Å². The Morgan fingerprint density at radius 1 is 0.324 bits per heavy atom. The summed E-state index contributed by atoms with van der Waals surface area (Å²) in [5.74, 6) is 0.585. The third-order valence-corrected chi connectivity index (χ3v) is 12.9. The van der Waals surface area contributed by atoms with Gasteiger partial charge in [-0.05, 0) is 95.8 Å². The minimum atomic E-state index is -4.87. The monoisotopic (exact) mass is 942 g/mol. The molecule has 11 aromatic rings. The van der Waals surface area contributed by atoms with Crippen LogP contribution in [-0.4, -0.2) is 19.5 Å². The van der Waals surface area contributed by atoms with Crippen molar-refractivity contribution >= 4 is 21.8 Å². The Bertz CT molecular complexity index is 3550. The first kappa shape index (κ1) is 44.9. The first-order valence-electron chi connectivity index (χ1n) is 22.9. The highest BCUT2D eigenvalue weighted by Crippen LogP contribution is 2.49. The van der Waals surface area contributed by atoms with Crippen molar-refractivity contribution in [2.24, 2.45) is 0 Å². The zero-order valence-corrected chi connectivity index (χ0v) is 38.2. The van der Waals surface area contributed by atoms with E-state index in [1.165, 1.54) is 36.4 Å². The number of benzene rings is 9. The summed E-state index contributed by atoms with van der Waals surface area (Å²) in [6.07, 6.45) is -9.73. The van der Waals surface area contributed by atoms with Crippen LogP contribution in [0.2, 0.25) is 0 Å². The molecule has 0 fully saturated rings. The summed E-state index contributed by atoms with van der Waals surface area (Å²) < 4.78 is 95.0. The van der Waals surface area contributed by atoms with Crippen LogP contribution in [0.4, 0.5) is 26.3 Å². The lowest BCUT2D eigenvalue weighted by Gasteiger charge is -2.24. The normalized spacial score (nSPS) is 11.9. The van der Waals surface area contributed by atoms with Crippen LogP contribution in [-0.2, 0) is 12.4 Å². The van der Waals surface area contributed by atoms with Crippen molar-refractivity contribution in [3.63, 3.8) is 0 Å². The molecule has 0 spiro atoms. The average molecular weight is 943 g/mol. The van der Waals surface area contributed by atoms with Crippen LogP contribution in [0.5, 0.6) is 0 Å². The third-order valence-electron chi connectivity index (χ3n) is 12.9. The predicted octanol–water partition coefficient (Wildman–Crippen LogP) is 17.3. The van der Waals surface area contributed by atoms with Gasteiger partial charge >= 0.3 is 12.4 Å². The largest absolute Gasteiger partial charge is 0.417 e. The van der Waals surface area contributed by atoms with Gasteiger partial charge in [0.25, 0.3) is 0 Å².